The number of carbonyl (C=O) groups excluding carboxylic acids is 1. The number of hydrogen-bond acceptors (Lipinski definition) is 6. The maximum Gasteiger partial charge on any atom is 0.271 e. The number of amides is 1. The molecular formula is C16H19N3O3S. The summed E-state index contributed by atoms with van der Waals surface area (Å²) in [5.74, 6) is -0.160. The second-order valence-corrected chi connectivity index (χ2v) is 6.43. The van der Waals surface area contributed by atoms with E-state index in [1.165, 1.54) is 11.3 Å². The Morgan fingerprint density at radius 2 is 2.43 bits per heavy atom. The Kier molecular flexibility index (Phi) is 5.32. The molecule has 0 unspecified atom stereocenters. The van der Waals surface area contributed by atoms with Crippen LogP contribution in [0.3, 0.4) is 0 Å². The summed E-state index contributed by atoms with van der Waals surface area (Å²) in [7, 11) is 0. The van der Waals surface area contributed by atoms with Gasteiger partial charge in [0.15, 0.2) is 0 Å². The topological polar surface area (TPSA) is 73.3 Å². The standard InChI is InChI=1S/C16H19N3O3S/c1-11-18-14(10-23-11)16(20)19-13-5-7-21-9-15(13)22-8-12-4-2-3-6-17-12/h2-4,6,10,13,15H,5,7-9H2,1H3,(H,19,20)/t13-,15-/m1/s1. The van der Waals surface area contributed by atoms with E-state index < -0.39 is 0 Å². The van der Waals surface area contributed by atoms with Crippen LogP contribution >= 0.6 is 11.3 Å². The van der Waals surface area contributed by atoms with Crippen LogP contribution in [0.25, 0.3) is 0 Å². The lowest BCUT2D eigenvalue weighted by atomic mass is 10.1. The fraction of sp³-hybridized carbons (Fsp3) is 0.438. The number of nitrogens with zero attached hydrogens (tertiary/aromatic N) is 2. The van der Waals surface area contributed by atoms with Gasteiger partial charge in [0.25, 0.3) is 5.91 Å². The molecule has 1 fully saturated rings. The molecule has 1 saturated heterocycles. The Bertz CT molecular complexity index is 647. The molecule has 0 radical (unpaired) electrons. The molecule has 0 saturated carbocycles. The summed E-state index contributed by atoms with van der Waals surface area (Å²) < 4.78 is 11.4. The molecule has 0 spiro atoms. The first-order valence-corrected chi connectivity index (χ1v) is 8.42. The van der Waals surface area contributed by atoms with E-state index in [-0.39, 0.29) is 18.1 Å². The molecule has 23 heavy (non-hydrogen) atoms. The van der Waals surface area contributed by atoms with Crippen LogP contribution in [0, 0.1) is 6.92 Å². The number of nitrogens with one attached hydrogen (secondary N) is 1. The lowest BCUT2D eigenvalue weighted by Gasteiger charge is -2.31. The lowest BCUT2D eigenvalue weighted by molar-refractivity contribution is -0.0743. The smallest absolute Gasteiger partial charge is 0.271 e. The first kappa shape index (κ1) is 16.0. The van der Waals surface area contributed by atoms with Gasteiger partial charge in [0.2, 0.25) is 0 Å². The molecule has 6 nitrogen and oxygen atoms in total. The van der Waals surface area contributed by atoms with Crippen LogP contribution in [0.5, 0.6) is 0 Å². The summed E-state index contributed by atoms with van der Waals surface area (Å²) in [6.45, 7) is 3.37. The van der Waals surface area contributed by atoms with Crippen molar-refractivity contribution in [3.05, 3.63) is 46.2 Å². The largest absolute Gasteiger partial charge is 0.379 e. The molecule has 1 N–H and O–H groups in total. The van der Waals surface area contributed by atoms with Crippen molar-refractivity contribution >= 4 is 17.2 Å². The zero-order valence-corrected chi connectivity index (χ0v) is 13.7. The highest BCUT2D eigenvalue weighted by molar-refractivity contribution is 7.09. The molecule has 2 aromatic heterocycles. The number of aromatic nitrogens is 2. The minimum absolute atomic E-state index is 0.0815. The monoisotopic (exact) mass is 333 g/mol. The number of aryl methyl sites for hydroxylation is 1. The highest BCUT2D eigenvalue weighted by Gasteiger charge is 2.28. The average Bonchev–Trinajstić information content (AvgIpc) is 3.02. The molecule has 122 valence electrons. The molecule has 0 aromatic carbocycles. The summed E-state index contributed by atoms with van der Waals surface area (Å²) in [6, 6.07) is 5.62. The fourth-order valence-corrected chi connectivity index (χ4v) is 3.02. The van der Waals surface area contributed by atoms with E-state index in [0.29, 0.717) is 25.5 Å². The molecule has 1 amide bonds. The highest BCUT2D eigenvalue weighted by Crippen LogP contribution is 2.15. The quantitative estimate of drug-likeness (QED) is 0.905. The van der Waals surface area contributed by atoms with Crippen molar-refractivity contribution < 1.29 is 14.3 Å². The predicted octanol–water partition coefficient (Wildman–Crippen LogP) is 1.95. The highest BCUT2D eigenvalue weighted by atomic mass is 32.1. The molecule has 3 heterocycles. The zero-order chi connectivity index (χ0) is 16.1. The Labute approximate surface area is 138 Å². The summed E-state index contributed by atoms with van der Waals surface area (Å²) in [5.41, 5.74) is 1.32. The molecule has 2 aromatic rings. The number of ether oxygens (including phenoxy) is 2. The van der Waals surface area contributed by atoms with Crippen LogP contribution in [0.1, 0.15) is 27.6 Å². The summed E-state index contributed by atoms with van der Waals surface area (Å²) in [5, 5.41) is 5.67. The fourth-order valence-electron chi connectivity index (χ4n) is 2.43. The summed E-state index contributed by atoms with van der Waals surface area (Å²) in [6.07, 6.45) is 2.27. The molecule has 0 aliphatic carbocycles. The van der Waals surface area contributed by atoms with Gasteiger partial charge in [0, 0.05) is 18.2 Å². The van der Waals surface area contributed by atoms with Crippen LogP contribution in [0.2, 0.25) is 0 Å². The van der Waals surface area contributed by atoms with Gasteiger partial charge in [0.05, 0.1) is 30.0 Å². The zero-order valence-electron chi connectivity index (χ0n) is 12.9. The van der Waals surface area contributed by atoms with Gasteiger partial charge in [-0.2, -0.15) is 0 Å². The van der Waals surface area contributed by atoms with Gasteiger partial charge >= 0.3 is 0 Å². The Morgan fingerprint density at radius 3 is 3.17 bits per heavy atom. The van der Waals surface area contributed by atoms with Crippen molar-refractivity contribution in [3.63, 3.8) is 0 Å². The van der Waals surface area contributed by atoms with E-state index in [0.717, 1.165) is 17.1 Å². The van der Waals surface area contributed by atoms with Gasteiger partial charge in [-0.1, -0.05) is 6.07 Å². The second kappa shape index (κ2) is 7.63. The number of hydrogen-bond donors (Lipinski definition) is 1. The van der Waals surface area contributed by atoms with Gasteiger partial charge in [0.1, 0.15) is 11.8 Å². The van der Waals surface area contributed by atoms with E-state index in [1.807, 2.05) is 25.1 Å². The normalized spacial score (nSPS) is 21.1. The molecule has 1 aliphatic rings. The predicted molar refractivity (Wildman–Crippen MR) is 86.4 cm³/mol. The molecule has 1 aliphatic heterocycles. The van der Waals surface area contributed by atoms with Crippen LogP contribution in [0.15, 0.2) is 29.8 Å². The molecule has 0 bridgehead atoms. The SMILES string of the molecule is Cc1nc(C(=O)N[C@@H]2CCOC[C@H]2OCc2ccccn2)cs1. The van der Waals surface area contributed by atoms with Crippen molar-refractivity contribution in [1.29, 1.82) is 0 Å². The lowest BCUT2D eigenvalue weighted by Crippen LogP contribution is -2.50. The first-order valence-electron chi connectivity index (χ1n) is 7.54. The van der Waals surface area contributed by atoms with Crippen LogP contribution in [-0.4, -0.2) is 41.2 Å². The van der Waals surface area contributed by atoms with Crippen molar-refractivity contribution in [1.82, 2.24) is 15.3 Å². The van der Waals surface area contributed by atoms with Gasteiger partial charge in [-0.25, -0.2) is 4.98 Å². The number of pyridine rings is 1. The van der Waals surface area contributed by atoms with E-state index >= 15 is 0 Å². The Morgan fingerprint density at radius 1 is 1.52 bits per heavy atom. The van der Waals surface area contributed by atoms with E-state index in [9.17, 15) is 4.79 Å². The number of rotatable bonds is 5. The molecule has 7 heteroatoms. The van der Waals surface area contributed by atoms with E-state index in [4.69, 9.17) is 9.47 Å². The average molecular weight is 333 g/mol. The minimum atomic E-state index is -0.186. The van der Waals surface area contributed by atoms with Crippen molar-refractivity contribution in [2.75, 3.05) is 13.2 Å². The van der Waals surface area contributed by atoms with Crippen molar-refractivity contribution in [3.8, 4) is 0 Å². The molecule has 2 atom stereocenters. The van der Waals surface area contributed by atoms with Crippen LogP contribution < -0.4 is 5.32 Å². The summed E-state index contributed by atoms with van der Waals surface area (Å²) >= 11 is 1.47. The van der Waals surface area contributed by atoms with Crippen LogP contribution in [-0.2, 0) is 16.1 Å². The third-order valence-electron chi connectivity index (χ3n) is 3.64. The number of thiazole rings is 1. The van der Waals surface area contributed by atoms with Crippen LogP contribution in [0.4, 0.5) is 0 Å². The van der Waals surface area contributed by atoms with Crippen molar-refractivity contribution in [2.45, 2.75) is 32.1 Å². The number of carbonyl (C=O) groups is 1. The van der Waals surface area contributed by atoms with E-state index in [2.05, 4.69) is 15.3 Å². The maximum atomic E-state index is 12.3. The Hall–Kier alpha value is -1.83. The maximum absolute atomic E-state index is 12.3. The Balaban J connectivity index is 1.58. The van der Waals surface area contributed by atoms with Gasteiger partial charge in [-0.3, -0.25) is 9.78 Å². The van der Waals surface area contributed by atoms with E-state index in [1.54, 1.807) is 11.6 Å². The third kappa shape index (κ3) is 4.34. The first-order chi connectivity index (χ1) is 11.2. The van der Waals surface area contributed by atoms with Gasteiger partial charge in [-0.05, 0) is 25.5 Å². The third-order valence-corrected chi connectivity index (χ3v) is 4.42. The van der Waals surface area contributed by atoms with Gasteiger partial charge in [-0.15, -0.1) is 11.3 Å². The molecular weight excluding hydrogens is 314 g/mol. The second-order valence-electron chi connectivity index (χ2n) is 5.37. The van der Waals surface area contributed by atoms with Gasteiger partial charge < -0.3 is 14.8 Å². The summed E-state index contributed by atoms with van der Waals surface area (Å²) in [4.78, 5) is 20.7. The van der Waals surface area contributed by atoms with Crippen molar-refractivity contribution in [2.24, 2.45) is 0 Å². The minimum Gasteiger partial charge on any atom is -0.379 e. The molecule has 3 rings (SSSR count).